The summed E-state index contributed by atoms with van der Waals surface area (Å²) >= 11 is 0. The van der Waals surface area contributed by atoms with Gasteiger partial charge in [0.05, 0.1) is 25.4 Å². The van der Waals surface area contributed by atoms with Crippen LogP contribution in [0.2, 0.25) is 0 Å². The van der Waals surface area contributed by atoms with Crippen LogP contribution in [0.15, 0.2) is 47.3 Å². The molecular weight excluding hydrogens is 320 g/mol. The van der Waals surface area contributed by atoms with Crippen LogP contribution in [0, 0.1) is 6.92 Å². The van der Waals surface area contributed by atoms with Gasteiger partial charge in [-0.25, -0.2) is 0 Å². The number of benzene rings is 1. The van der Waals surface area contributed by atoms with Gasteiger partial charge in [0.15, 0.2) is 0 Å². The van der Waals surface area contributed by atoms with Crippen molar-refractivity contribution in [3.8, 4) is 0 Å². The number of amides is 1. The summed E-state index contributed by atoms with van der Waals surface area (Å²) in [6.07, 6.45) is -0.290. The van der Waals surface area contributed by atoms with Gasteiger partial charge in [0.1, 0.15) is 0 Å². The van der Waals surface area contributed by atoms with E-state index in [4.69, 9.17) is 4.74 Å². The predicted molar refractivity (Wildman–Crippen MR) is 93.5 cm³/mol. The van der Waals surface area contributed by atoms with Crippen molar-refractivity contribution in [2.75, 3.05) is 19.8 Å². The summed E-state index contributed by atoms with van der Waals surface area (Å²) < 4.78 is 5.51. The number of aryl methyl sites for hydroxylation is 1. The lowest BCUT2D eigenvalue weighted by Crippen LogP contribution is -2.49. The molecule has 0 radical (unpaired) electrons. The minimum Gasteiger partial charge on any atom is -0.388 e. The third kappa shape index (κ3) is 4.15. The van der Waals surface area contributed by atoms with E-state index in [9.17, 15) is 14.7 Å². The molecule has 0 saturated carbocycles. The van der Waals surface area contributed by atoms with E-state index in [1.807, 2.05) is 30.3 Å². The number of carbonyl (C=O) groups excluding carboxylic acids is 1. The molecule has 2 unspecified atom stereocenters. The topological polar surface area (TPSA) is 82.6 Å². The lowest BCUT2D eigenvalue weighted by Gasteiger charge is -2.36. The van der Waals surface area contributed by atoms with E-state index in [1.165, 1.54) is 6.07 Å². The predicted octanol–water partition coefficient (Wildman–Crippen LogP) is 1.65. The van der Waals surface area contributed by atoms with Crippen molar-refractivity contribution in [3.63, 3.8) is 0 Å². The van der Waals surface area contributed by atoms with Gasteiger partial charge in [-0.15, -0.1) is 0 Å². The fourth-order valence-electron chi connectivity index (χ4n) is 3.16. The number of carbonyl (C=O) groups is 1. The Labute approximate surface area is 146 Å². The van der Waals surface area contributed by atoms with Crippen LogP contribution in [0.5, 0.6) is 0 Å². The number of pyridine rings is 1. The van der Waals surface area contributed by atoms with E-state index in [2.05, 4.69) is 4.98 Å². The zero-order valence-corrected chi connectivity index (χ0v) is 14.1. The first-order chi connectivity index (χ1) is 12.0. The molecule has 0 spiro atoms. The van der Waals surface area contributed by atoms with Crippen LogP contribution < -0.4 is 5.56 Å². The van der Waals surface area contributed by atoms with Gasteiger partial charge in [-0.2, -0.15) is 0 Å². The Bertz CT molecular complexity index is 788. The summed E-state index contributed by atoms with van der Waals surface area (Å²) in [5, 5.41) is 10.5. The van der Waals surface area contributed by atoms with Crippen molar-refractivity contribution in [1.29, 1.82) is 0 Å². The highest BCUT2D eigenvalue weighted by Gasteiger charge is 2.30. The van der Waals surface area contributed by atoms with Gasteiger partial charge in [0.2, 0.25) is 5.56 Å². The Balaban J connectivity index is 1.78. The molecule has 6 nitrogen and oxygen atoms in total. The Morgan fingerprint density at radius 2 is 2.12 bits per heavy atom. The van der Waals surface area contributed by atoms with E-state index < -0.39 is 6.10 Å². The molecule has 132 valence electrons. The maximum atomic E-state index is 12.9. The number of H-pyrrole nitrogens is 1. The molecule has 2 N–H and O–H groups in total. The van der Waals surface area contributed by atoms with Gasteiger partial charge in [-0.05, 0) is 18.6 Å². The molecule has 3 rings (SSSR count). The van der Waals surface area contributed by atoms with E-state index in [-0.39, 0.29) is 17.5 Å². The van der Waals surface area contributed by atoms with Crippen molar-refractivity contribution >= 4 is 5.91 Å². The average molecular weight is 342 g/mol. The Morgan fingerprint density at radius 1 is 1.36 bits per heavy atom. The lowest BCUT2D eigenvalue weighted by atomic mass is 10.00. The van der Waals surface area contributed by atoms with Gasteiger partial charge in [-0.1, -0.05) is 30.3 Å². The first kappa shape index (κ1) is 17.4. The highest BCUT2D eigenvalue weighted by Crippen LogP contribution is 2.23. The second-order valence-corrected chi connectivity index (χ2v) is 6.31. The third-order valence-corrected chi connectivity index (χ3v) is 4.39. The maximum absolute atomic E-state index is 12.9. The molecule has 1 aromatic heterocycles. The smallest absolute Gasteiger partial charge is 0.254 e. The number of hydrogen-bond donors (Lipinski definition) is 2. The first-order valence-electron chi connectivity index (χ1n) is 8.37. The molecule has 2 aromatic rings. The van der Waals surface area contributed by atoms with E-state index in [1.54, 1.807) is 17.9 Å². The summed E-state index contributed by atoms with van der Waals surface area (Å²) in [4.78, 5) is 28.9. The summed E-state index contributed by atoms with van der Waals surface area (Å²) in [5.74, 6) is -0.206. The number of ether oxygens (including phenoxy) is 1. The Hall–Kier alpha value is -2.44. The van der Waals surface area contributed by atoms with Gasteiger partial charge >= 0.3 is 0 Å². The standard InChI is InChI=1S/C19H22N2O4/c1-13-9-15(10-18(23)20-13)19(24)21-7-8-25-12-16(21)11-17(22)14-5-3-2-4-6-14/h2-6,9-10,16-17,22H,7-8,11-12H2,1H3,(H,20,23). The highest BCUT2D eigenvalue weighted by atomic mass is 16.5. The number of aliphatic hydroxyl groups excluding tert-OH is 1. The molecular formula is C19H22N2O4. The van der Waals surface area contributed by atoms with Crippen molar-refractivity contribution in [1.82, 2.24) is 9.88 Å². The molecule has 1 amide bonds. The van der Waals surface area contributed by atoms with E-state index >= 15 is 0 Å². The van der Waals surface area contributed by atoms with Crippen LogP contribution in [0.3, 0.4) is 0 Å². The van der Waals surface area contributed by atoms with Crippen molar-refractivity contribution in [3.05, 3.63) is 69.6 Å². The zero-order valence-electron chi connectivity index (χ0n) is 14.1. The third-order valence-electron chi connectivity index (χ3n) is 4.39. The number of morpholine rings is 1. The minimum absolute atomic E-state index is 0.206. The van der Waals surface area contributed by atoms with Crippen molar-refractivity contribution in [2.24, 2.45) is 0 Å². The van der Waals surface area contributed by atoms with Gasteiger partial charge in [0.25, 0.3) is 5.91 Å². The molecule has 6 heteroatoms. The highest BCUT2D eigenvalue weighted by molar-refractivity contribution is 5.94. The van der Waals surface area contributed by atoms with Crippen LogP contribution in [0.1, 0.15) is 34.1 Å². The largest absolute Gasteiger partial charge is 0.388 e. The maximum Gasteiger partial charge on any atom is 0.254 e. The summed E-state index contributed by atoms with van der Waals surface area (Å²) in [6.45, 7) is 3.01. The van der Waals surface area contributed by atoms with E-state index in [0.29, 0.717) is 37.4 Å². The summed E-state index contributed by atoms with van der Waals surface area (Å²) in [7, 11) is 0. The number of nitrogens with one attached hydrogen (secondary N) is 1. The minimum atomic E-state index is -0.677. The quantitative estimate of drug-likeness (QED) is 0.885. The van der Waals surface area contributed by atoms with Crippen LogP contribution in [-0.4, -0.2) is 46.7 Å². The number of aromatic amines is 1. The number of rotatable bonds is 4. The first-order valence-corrected chi connectivity index (χ1v) is 8.37. The normalized spacial score (nSPS) is 18.8. The molecule has 1 aliphatic heterocycles. The second-order valence-electron chi connectivity index (χ2n) is 6.31. The number of aromatic nitrogens is 1. The second kappa shape index (κ2) is 7.63. The molecule has 1 saturated heterocycles. The van der Waals surface area contributed by atoms with Crippen LogP contribution in [0.25, 0.3) is 0 Å². The number of aliphatic hydroxyl groups is 1. The molecule has 1 fully saturated rings. The fraction of sp³-hybridized carbons (Fsp3) is 0.368. The number of nitrogens with zero attached hydrogens (tertiary/aromatic N) is 1. The van der Waals surface area contributed by atoms with Crippen LogP contribution in [-0.2, 0) is 4.74 Å². The van der Waals surface area contributed by atoms with Crippen LogP contribution in [0.4, 0.5) is 0 Å². The van der Waals surface area contributed by atoms with Crippen LogP contribution >= 0.6 is 0 Å². The van der Waals surface area contributed by atoms with Gasteiger partial charge < -0.3 is 19.7 Å². The molecule has 1 aromatic carbocycles. The summed E-state index contributed by atoms with van der Waals surface area (Å²) in [5.41, 5.74) is 1.53. The molecule has 25 heavy (non-hydrogen) atoms. The molecule has 1 aliphatic rings. The van der Waals surface area contributed by atoms with Gasteiger partial charge in [0, 0.05) is 30.3 Å². The number of hydrogen-bond acceptors (Lipinski definition) is 4. The monoisotopic (exact) mass is 342 g/mol. The average Bonchev–Trinajstić information content (AvgIpc) is 2.61. The van der Waals surface area contributed by atoms with Gasteiger partial charge in [-0.3, -0.25) is 9.59 Å². The van der Waals surface area contributed by atoms with E-state index in [0.717, 1.165) is 5.56 Å². The molecule has 0 aliphatic carbocycles. The molecule has 2 atom stereocenters. The van der Waals surface area contributed by atoms with Crippen molar-refractivity contribution < 1.29 is 14.6 Å². The Kier molecular flexibility index (Phi) is 5.31. The molecule has 2 heterocycles. The zero-order chi connectivity index (χ0) is 17.8. The molecule has 0 bridgehead atoms. The fourth-order valence-corrected chi connectivity index (χ4v) is 3.16. The Morgan fingerprint density at radius 3 is 2.84 bits per heavy atom. The van der Waals surface area contributed by atoms with Crippen molar-refractivity contribution in [2.45, 2.75) is 25.5 Å². The SMILES string of the molecule is Cc1cc(C(=O)N2CCOCC2CC(O)c2ccccc2)cc(=O)[nH]1. The lowest BCUT2D eigenvalue weighted by molar-refractivity contribution is -0.0174. The summed E-state index contributed by atoms with van der Waals surface area (Å²) in [6, 6.07) is 12.1.